The number of ketones is 1. The summed E-state index contributed by atoms with van der Waals surface area (Å²) in [4.78, 5) is 13.6. The van der Waals surface area contributed by atoms with E-state index in [0.29, 0.717) is 29.9 Å². The Bertz CT molecular complexity index is 478. The molecule has 136 valence electrons. The van der Waals surface area contributed by atoms with E-state index in [4.69, 9.17) is 4.74 Å². The van der Waals surface area contributed by atoms with Crippen molar-refractivity contribution >= 4 is 5.78 Å². The monoisotopic (exact) mass is 336 g/mol. The van der Waals surface area contributed by atoms with Crippen molar-refractivity contribution in [1.29, 1.82) is 0 Å². The van der Waals surface area contributed by atoms with E-state index in [-0.39, 0.29) is 12.4 Å². The lowest BCUT2D eigenvalue weighted by Gasteiger charge is -2.30. The lowest BCUT2D eigenvalue weighted by Crippen LogP contribution is -2.43. The molecule has 2 N–H and O–H groups in total. The predicted molar refractivity (Wildman–Crippen MR) is 97.8 cm³/mol. The van der Waals surface area contributed by atoms with Crippen molar-refractivity contribution in [3.63, 3.8) is 0 Å². The van der Waals surface area contributed by atoms with E-state index in [1.165, 1.54) is 6.92 Å². The first-order chi connectivity index (χ1) is 11.3. The van der Waals surface area contributed by atoms with E-state index in [2.05, 4.69) is 37.9 Å². The van der Waals surface area contributed by atoms with Gasteiger partial charge in [-0.05, 0) is 58.9 Å². The van der Waals surface area contributed by atoms with Crippen molar-refractivity contribution in [2.75, 3.05) is 26.2 Å². The van der Waals surface area contributed by atoms with Crippen LogP contribution >= 0.6 is 0 Å². The number of rotatable bonds is 11. The zero-order valence-corrected chi connectivity index (χ0v) is 15.6. The second-order valence-electron chi connectivity index (χ2n) is 6.67. The number of carbonyl (C=O) groups excluding carboxylic acids is 1. The van der Waals surface area contributed by atoms with Gasteiger partial charge >= 0.3 is 0 Å². The number of aliphatic hydroxyl groups is 1. The first-order valence-corrected chi connectivity index (χ1v) is 8.69. The van der Waals surface area contributed by atoms with Crippen LogP contribution in [-0.2, 0) is 0 Å². The van der Waals surface area contributed by atoms with E-state index < -0.39 is 6.10 Å². The molecule has 5 nitrogen and oxygen atoms in total. The highest BCUT2D eigenvalue weighted by Crippen LogP contribution is 2.12. The topological polar surface area (TPSA) is 61.8 Å². The molecule has 1 rings (SSSR count). The Kier molecular flexibility index (Phi) is 8.97. The van der Waals surface area contributed by atoms with Gasteiger partial charge < -0.3 is 15.2 Å². The Labute approximate surface area is 146 Å². The fourth-order valence-electron chi connectivity index (χ4n) is 2.63. The zero-order chi connectivity index (χ0) is 18.1. The van der Waals surface area contributed by atoms with Gasteiger partial charge in [-0.3, -0.25) is 9.69 Å². The highest BCUT2D eigenvalue weighted by atomic mass is 16.5. The van der Waals surface area contributed by atoms with E-state index in [0.717, 1.165) is 13.1 Å². The summed E-state index contributed by atoms with van der Waals surface area (Å²) in [5.74, 6) is 0.687. The quantitative estimate of drug-likeness (QED) is 0.480. The summed E-state index contributed by atoms with van der Waals surface area (Å²) in [6.07, 6.45) is -0.566. The van der Waals surface area contributed by atoms with Gasteiger partial charge in [0.25, 0.3) is 0 Å². The molecule has 1 unspecified atom stereocenters. The lowest BCUT2D eigenvalue weighted by molar-refractivity contribution is 0.101. The van der Waals surface area contributed by atoms with Crippen molar-refractivity contribution in [2.24, 2.45) is 0 Å². The Morgan fingerprint density at radius 1 is 1.17 bits per heavy atom. The number of carbonyl (C=O) groups is 1. The summed E-state index contributed by atoms with van der Waals surface area (Å²) in [7, 11) is 0. The van der Waals surface area contributed by atoms with Crippen molar-refractivity contribution in [3.8, 4) is 5.75 Å². The van der Waals surface area contributed by atoms with Crippen LogP contribution < -0.4 is 10.1 Å². The van der Waals surface area contributed by atoms with Gasteiger partial charge in [0.05, 0.1) is 0 Å². The number of Topliss-reactive ketones (excluding diaryl/α,β-unsaturated/α-hetero) is 1. The highest BCUT2D eigenvalue weighted by Gasteiger charge is 2.12. The average molecular weight is 336 g/mol. The number of hydrogen-bond donors (Lipinski definition) is 2. The van der Waals surface area contributed by atoms with Crippen LogP contribution in [0, 0.1) is 0 Å². The van der Waals surface area contributed by atoms with Crippen LogP contribution in [0.25, 0.3) is 0 Å². The second kappa shape index (κ2) is 10.4. The molecule has 0 spiro atoms. The Morgan fingerprint density at radius 3 is 2.25 bits per heavy atom. The molecular formula is C19H32N2O3. The van der Waals surface area contributed by atoms with Crippen LogP contribution in [0.5, 0.6) is 5.75 Å². The molecule has 0 saturated carbocycles. The minimum absolute atomic E-state index is 0.0302. The van der Waals surface area contributed by atoms with E-state index in [1.807, 2.05) is 0 Å². The van der Waals surface area contributed by atoms with Gasteiger partial charge in [0, 0.05) is 37.3 Å². The van der Waals surface area contributed by atoms with E-state index >= 15 is 0 Å². The van der Waals surface area contributed by atoms with Crippen molar-refractivity contribution in [2.45, 2.75) is 52.8 Å². The molecule has 0 saturated heterocycles. The standard InChI is InChI=1S/C19H32N2O3/c1-14(2)21(15(3)4)11-10-20-12-18(23)13-24-19-8-6-17(7-9-19)16(5)22/h6-9,14-15,18,20,23H,10-13H2,1-5H3. The molecule has 1 aromatic rings. The molecule has 0 aliphatic rings. The zero-order valence-electron chi connectivity index (χ0n) is 15.6. The molecule has 0 aromatic heterocycles. The van der Waals surface area contributed by atoms with Gasteiger partial charge in [-0.25, -0.2) is 0 Å². The van der Waals surface area contributed by atoms with Gasteiger partial charge in [-0.15, -0.1) is 0 Å². The number of aliphatic hydroxyl groups excluding tert-OH is 1. The van der Waals surface area contributed by atoms with E-state index in [9.17, 15) is 9.90 Å². The first kappa shape index (κ1) is 20.6. The molecule has 0 bridgehead atoms. The van der Waals surface area contributed by atoms with Crippen molar-refractivity contribution in [1.82, 2.24) is 10.2 Å². The molecule has 0 aliphatic heterocycles. The second-order valence-corrected chi connectivity index (χ2v) is 6.67. The molecule has 0 fully saturated rings. The van der Waals surface area contributed by atoms with Gasteiger partial charge in [0.15, 0.2) is 5.78 Å². The largest absolute Gasteiger partial charge is 0.491 e. The third-order valence-electron chi connectivity index (χ3n) is 3.96. The molecular weight excluding hydrogens is 304 g/mol. The number of ether oxygens (including phenoxy) is 1. The van der Waals surface area contributed by atoms with Gasteiger partial charge in [-0.1, -0.05) is 0 Å². The molecule has 1 atom stereocenters. The van der Waals surface area contributed by atoms with Crippen LogP contribution in [0.2, 0.25) is 0 Å². The summed E-state index contributed by atoms with van der Waals surface area (Å²) in [6, 6.07) is 7.99. The molecule has 1 aromatic carbocycles. The molecule has 0 aliphatic carbocycles. The average Bonchev–Trinajstić information content (AvgIpc) is 2.52. The normalized spacial score (nSPS) is 12.9. The van der Waals surface area contributed by atoms with E-state index in [1.54, 1.807) is 24.3 Å². The molecule has 0 heterocycles. The van der Waals surface area contributed by atoms with Crippen LogP contribution in [-0.4, -0.2) is 60.2 Å². The van der Waals surface area contributed by atoms with Gasteiger partial charge in [-0.2, -0.15) is 0 Å². The summed E-state index contributed by atoms with van der Waals surface area (Å²) < 4.78 is 5.55. The fourth-order valence-corrected chi connectivity index (χ4v) is 2.63. The maximum atomic E-state index is 11.2. The number of hydrogen-bond acceptors (Lipinski definition) is 5. The summed E-state index contributed by atoms with van der Waals surface area (Å²) in [5, 5.41) is 13.3. The van der Waals surface area contributed by atoms with Gasteiger partial charge in [0.2, 0.25) is 0 Å². The maximum Gasteiger partial charge on any atom is 0.159 e. The minimum Gasteiger partial charge on any atom is -0.491 e. The minimum atomic E-state index is -0.566. The Morgan fingerprint density at radius 2 is 1.75 bits per heavy atom. The summed E-state index contributed by atoms with van der Waals surface area (Å²) in [6.45, 7) is 12.8. The molecule has 5 heteroatoms. The van der Waals surface area contributed by atoms with Crippen LogP contribution in [0.3, 0.4) is 0 Å². The maximum absolute atomic E-state index is 11.2. The molecule has 0 amide bonds. The first-order valence-electron chi connectivity index (χ1n) is 8.69. The smallest absolute Gasteiger partial charge is 0.159 e. The van der Waals surface area contributed by atoms with Crippen LogP contribution in [0.4, 0.5) is 0 Å². The molecule has 0 radical (unpaired) electrons. The lowest BCUT2D eigenvalue weighted by atomic mass is 10.1. The predicted octanol–water partition coefficient (Wildman–Crippen LogP) is 2.34. The highest BCUT2D eigenvalue weighted by molar-refractivity contribution is 5.94. The van der Waals surface area contributed by atoms with Crippen molar-refractivity contribution in [3.05, 3.63) is 29.8 Å². The number of benzene rings is 1. The number of nitrogens with one attached hydrogen (secondary N) is 1. The Balaban J connectivity index is 2.24. The number of nitrogens with zero attached hydrogens (tertiary/aromatic N) is 1. The molecule has 24 heavy (non-hydrogen) atoms. The fraction of sp³-hybridized carbons (Fsp3) is 0.632. The van der Waals surface area contributed by atoms with Crippen molar-refractivity contribution < 1.29 is 14.6 Å². The summed E-state index contributed by atoms with van der Waals surface area (Å²) >= 11 is 0. The van der Waals surface area contributed by atoms with Crippen LogP contribution in [0.15, 0.2) is 24.3 Å². The Hall–Kier alpha value is -1.43. The SMILES string of the molecule is CC(=O)c1ccc(OCC(O)CNCCN(C(C)C)C(C)C)cc1. The van der Waals surface area contributed by atoms with Gasteiger partial charge in [0.1, 0.15) is 18.5 Å². The van der Waals surface area contributed by atoms with Crippen LogP contribution in [0.1, 0.15) is 45.0 Å². The summed E-state index contributed by atoms with van der Waals surface area (Å²) in [5.41, 5.74) is 0.657. The third-order valence-corrected chi connectivity index (χ3v) is 3.96. The third kappa shape index (κ3) is 7.43.